The van der Waals surface area contributed by atoms with E-state index in [0.29, 0.717) is 17.5 Å². The van der Waals surface area contributed by atoms with Gasteiger partial charge in [0, 0.05) is 42.9 Å². The van der Waals surface area contributed by atoms with Crippen molar-refractivity contribution in [2.75, 3.05) is 29.7 Å². The predicted octanol–water partition coefficient (Wildman–Crippen LogP) is 2.81. The van der Waals surface area contributed by atoms with Gasteiger partial charge in [-0.25, -0.2) is 4.98 Å². The minimum atomic E-state index is 0.217. The predicted molar refractivity (Wildman–Crippen MR) is 105 cm³/mol. The molecule has 0 saturated carbocycles. The largest absolute Gasteiger partial charge is 0.380 e. The number of nitrogens with two attached hydrogens (primary N) is 1. The highest BCUT2D eigenvalue weighted by Crippen LogP contribution is 2.18. The molecule has 0 bridgehead atoms. The minimum absolute atomic E-state index is 0.217. The van der Waals surface area contributed by atoms with Gasteiger partial charge in [0.2, 0.25) is 0 Å². The highest BCUT2D eigenvalue weighted by Gasteiger charge is 2.07. The molecule has 6 nitrogen and oxygen atoms in total. The van der Waals surface area contributed by atoms with Crippen LogP contribution in [0.5, 0.6) is 0 Å². The van der Waals surface area contributed by atoms with E-state index in [1.807, 2.05) is 19.1 Å². The summed E-state index contributed by atoms with van der Waals surface area (Å²) in [5, 5.41) is 8.00. The van der Waals surface area contributed by atoms with Gasteiger partial charge >= 0.3 is 0 Å². The molecule has 0 saturated heterocycles. The van der Waals surface area contributed by atoms with E-state index in [0.717, 1.165) is 29.9 Å². The Balaban J connectivity index is 2.12. The normalized spacial score (nSPS) is 11.9. The Kier molecular flexibility index (Phi) is 7.63. The summed E-state index contributed by atoms with van der Waals surface area (Å²) in [6, 6.07) is 6.08. The molecule has 0 aliphatic rings. The van der Waals surface area contributed by atoms with Crippen molar-refractivity contribution in [3.05, 3.63) is 53.6 Å². The quantitative estimate of drug-likeness (QED) is 0.331. The fourth-order valence-corrected chi connectivity index (χ4v) is 2.62. The average molecular weight is 379 g/mol. The van der Waals surface area contributed by atoms with Crippen LogP contribution in [0.1, 0.15) is 16.8 Å². The minimum Gasteiger partial charge on any atom is -0.380 e. The molecule has 2 aromatic rings. The van der Waals surface area contributed by atoms with Crippen molar-refractivity contribution in [3.63, 3.8) is 0 Å². The Labute approximate surface area is 157 Å². The van der Waals surface area contributed by atoms with Gasteiger partial charge < -0.3 is 10.6 Å². The Morgan fingerprint density at radius 3 is 2.60 bits per heavy atom. The number of anilines is 1. The standard InChI is InChI=1S/C17H20Cl2N6/c1-13-10-15(25(8-4-18)9-5-19)3-2-14(13)11-23-24-17(20)16-12-21-6-7-22-16/h2-3,6-7,10-12H,4-5,8-9H2,1H3,(H2,20,24)/b23-11+. The number of alkyl halides is 2. The van der Waals surface area contributed by atoms with Crippen LogP contribution in [0.4, 0.5) is 5.69 Å². The molecule has 2 rings (SSSR count). The number of aryl methyl sites for hydroxylation is 1. The monoisotopic (exact) mass is 378 g/mol. The maximum atomic E-state index is 5.86. The number of hydrogen-bond acceptors (Lipinski definition) is 5. The molecule has 0 atom stereocenters. The molecule has 2 N–H and O–H groups in total. The summed E-state index contributed by atoms with van der Waals surface area (Å²) < 4.78 is 0. The zero-order valence-electron chi connectivity index (χ0n) is 13.9. The summed E-state index contributed by atoms with van der Waals surface area (Å²) in [5.41, 5.74) is 9.43. The molecule has 1 aromatic carbocycles. The number of aromatic nitrogens is 2. The van der Waals surface area contributed by atoms with Crippen LogP contribution in [0.2, 0.25) is 0 Å². The number of nitrogens with zero attached hydrogens (tertiary/aromatic N) is 5. The van der Waals surface area contributed by atoms with Crippen LogP contribution >= 0.6 is 23.2 Å². The molecule has 1 heterocycles. The maximum Gasteiger partial charge on any atom is 0.173 e. The lowest BCUT2D eigenvalue weighted by Crippen LogP contribution is -2.27. The molecule has 1 aromatic heterocycles. The first-order valence-corrected chi connectivity index (χ1v) is 8.83. The number of rotatable bonds is 8. The van der Waals surface area contributed by atoms with E-state index in [4.69, 9.17) is 28.9 Å². The van der Waals surface area contributed by atoms with Gasteiger partial charge in [0.1, 0.15) is 5.69 Å². The lowest BCUT2D eigenvalue weighted by Gasteiger charge is -2.23. The zero-order valence-corrected chi connectivity index (χ0v) is 15.5. The highest BCUT2D eigenvalue weighted by atomic mass is 35.5. The molecule has 0 aliphatic heterocycles. The molecule has 25 heavy (non-hydrogen) atoms. The van der Waals surface area contributed by atoms with Crippen molar-refractivity contribution < 1.29 is 0 Å². The third kappa shape index (κ3) is 5.69. The Bertz CT molecular complexity index is 727. The molecule has 132 valence electrons. The summed E-state index contributed by atoms with van der Waals surface area (Å²) in [7, 11) is 0. The molecule has 0 aliphatic carbocycles. The van der Waals surface area contributed by atoms with E-state index >= 15 is 0 Å². The van der Waals surface area contributed by atoms with E-state index in [-0.39, 0.29) is 5.84 Å². The van der Waals surface area contributed by atoms with Gasteiger partial charge in [0.05, 0.1) is 12.4 Å². The van der Waals surface area contributed by atoms with Crippen molar-refractivity contribution in [3.8, 4) is 0 Å². The van der Waals surface area contributed by atoms with Crippen molar-refractivity contribution in [2.45, 2.75) is 6.92 Å². The fourth-order valence-electron chi connectivity index (χ4n) is 2.21. The van der Waals surface area contributed by atoms with Gasteiger partial charge in [-0.2, -0.15) is 5.10 Å². The van der Waals surface area contributed by atoms with Crippen LogP contribution in [0.25, 0.3) is 0 Å². The zero-order chi connectivity index (χ0) is 18.1. The lowest BCUT2D eigenvalue weighted by atomic mass is 10.1. The summed E-state index contributed by atoms with van der Waals surface area (Å²) >= 11 is 11.7. The smallest absolute Gasteiger partial charge is 0.173 e. The van der Waals surface area contributed by atoms with Crippen molar-refractivity contribution in [2.24, 2.45) is 15.9 Å². The van der Waals surface area contributed by atoms with Crippen molar-refractivity contribution in [1.29, 1.82) is 0 Å². The maximum absolute atomic E-state index is 5.86. The first-order valence-electron chi connectivity index (χ1n) is 7.76. The number of amidine groups is 1. The van der Waals surface area contributed by atoms with Crippen LogP contribution in [0, 0.1) is 6.92 Å². The Hall–Kier alpha value is -2.18. The third-order valence-corrected chi connectivity index (χ3v) is 3.85. The number of hydrogen-bond donors (Lipinski definition) is 1. The van der Waals surface area contributed by atoms with Crippen LogP contribution in [-0.2, 0) is 0 Å². The van der Waals surface area contributed by atoms with E-state index in [2.05, 4.69) is 31.1 Å². The molecule has 8 heteroatoms. The van der Waals surface area contributed by atoms with E-state index in [1.165, 1.54) is 6.20 Å². The van der Waals surface area contributed by atoms with Crippen molar-refractivity contribution in [1.82, 2.24) is 9.97 Å². The third-order valence-electron chi connectivity index (χ3n) is 3.52. The summed E-state index contributed by atoms with van der Waals surface area (Å²) in [6.45, 7) is 3.51. The SMILES string of the molecule is Cc1cc(N(CCCl)CCCl)ccc1/C=N/N=C(\N)c1cnccn1. The molecular formula is C17H20Cl2N6. The van der Waals surface area contributed by atoms with Gasteiger partial charge in [-0.05, 0) is 30.2 Å². The van der Waals surface area contributed by atoms with Gasteiger partial charge in [-0.15, -0.1) is 28.3 Å². The number of benzene rings is 1. The first-order chi connectivity index (χ1) is 12.2. The molecular weight excluding hydrogens is 359 g/mol. The second-order valence-electron chi connectivity index (χ2n) is 5.23. The average Bonchev–Trinajstić information content (AvgIpc) is 2.63. The van der Waals surface area contributed by atoms with Gasteiger partial charge in [0.15, 0.2) is 5.84 Å². The molecule has 0 spiro atoms. The van der Waals surface area contributed by atoms with Crippen LogP contribution in [0.15, 0.2) is 47.0 Å². The molecule has 0 amide bonds. The summed E-state index contributed by atoms with van der Waals surface area (Å²) in [5.74, 6) is 1.32. The second-order valence-corrected chi connectivity index (χ2v) is 5.98. The summed E-state index contributed by atoms with van der Waals surface area (Å²) in [6.07, 6.45) is 6.33. The molecule has 0 radical (unpaired) electrons. The van der Waals surface area contributed by atoms with E-state index < -0.39 is 0 Å². The molecule has 0 fully saturated rings. The topological polar surface area (TPSA) is 79.8 Å². The highest BCUT2D eigenvalue weighted by molar-refractivity contribution is 6.18. The van der Waals surface area contributed by atoms with Crippen LogP contribution in [0.3, 0.4) is 0 Å². The van der Waals surface area contributed by atoms with Gasteiger partial charge in [-0.3, -0.25) is 4.98 Å². The van der Waals surface area contributed by atoms with Crippen LogP contribution in [-0.4, -0.2) is 46.9 Å². The Morgan fingerprint density at radius 2 is 2.00 bits per heavy atom. The lowest BCUT2D eigenvalue weighted by molar-refractivity contribution is 0.873. The van der Waals surface area contributed by atoms with Crippen molar-refractivity contribution >= 4 is 40.9 Å². The van der Waals surface area contributed by atoms with E-state index in [9.17, 15) is 0 Å². The van der Waals surface area contributed by atoms with Gasteiger partial charge in [-0.1, -0.05) is 6.07 Å². The Morgan fingerprint density at radius 1 is 1.24 bits per heavy atom. The second kappa shape index (κ2) is 9.96. The summed E-state index contributed by atoms with van der Waals surface area (Å²) in [4.78, 5) is 10.2. The first kappa shape index (κ1) is 19.1. The van der Waals surface area contributed by atoms with Crippen LogP contribution < -0.4 is 10.6 Å². The fraction of sp³-hybridized carbons (Fsp3) is 0.294. The van der Waals surface area contributed by atoms with Gasteiger partial charge in [0.25, 0.3) is 0 Å². The molecule has 0 unspecified atom stereocenters. The van der Waals surface area contributed by atoms with E-state index in [1.54, 1.807) is 18.6 Å². The number of halogens is 2.